The molecule has 0 bridgehead atoms. The van der Waals surface area contributed by atoms with E-state index in [2.05, 4.69) is 15.3 Å². The van der Waals surface area contributed by atoms with Crippen LogP contribution in [0.3, 0.4) is 0 Å². The number of aryl methyl sites for hydroxylation is 3. The van der Waals surface area contributed by atoms with Gasteiger partial charge in [0.25, 0.3) is 0 Å². The van der Waals surface area contributed by atoms with Gasteiger partial charge in [-0.15, -0.1) is 5.10 Å². The third-order valence-electron chi connectivity index (χ3n) is 2.23. The third-order valence-corrected chi connectivity index (χ3v) is 2.23. The molecule has 0 radical (unpaired) electrons. The Hall–Kier alpha value is -1.91. The molecule has 2 aromatic rings. The van der Waals surface area contributed by atoms with Crippen LogP contribution in [0.1, 0.15) is 11.3 Å². The van der Waals surface area contributed by atoms with E-state index in [1.165, 1.54) is 0 Å². The van der Waals surface area contributed by atoms with Gasteiger partial charge in [-0.05, 0) is 24.5 Å². The Morgan fingerprint density at radius 2 is 2.27 bits per heavy atom. The number of pyridine rings is 1. The second-order valence-electron chi connectivity index (χ2n) is 3.43. The predicted octanol–water partition coefficient (Wildman–Crippen LogP) is 0.577. The minimum Gasteiger partial charge on any atom is -0.383 e. The fourth-order valence-electron chi connectivity index (χ4n) is 1.43. The zero-order valence-corrected chi connectivity index (χ0v) is 8.59. The summed E-state index contributed by atoms with van der Waals surface area (Å²) < 4.78 is 1.70. The Kier molecular flexibility index (Phi) is 2.62. The summed E-state index contributed by atoms with van der Waals surface area (Å²) in [7, 11) is 1.86. The fraction of sp³-hybridized carbons (Fsp3) is 0.300. The maximum atomic E-state index is 5.74. The second-order valence-corrected chi connectivity index (χ2v) is 3.43. The van der Waals surface area contributed by atoms with Gasteiger partial charge in [-0.25, -0.2) is 4.98 Å². The smallest absolute Gasteiger partial charge is 0.126 e. The number of nitrogens with zero attached hydrogens (tertiary/aromatic N) is 4. The topological polar surface area (TPSA) is 69.6 Å². The van der Waals surface area contributed by atoms with E-state index < -0.39 is 0 Å². The largest absolute Gasteiger partial charge is 0.383 e. The van der Waals surface area contributed by atoms with E-state index in [1.807, 2.05) is 25.4 Å². The molecule has 2 N–H and O–H groups in total. The van der Waals surface area contributed by atoms with Crippen molar-refractivity contribution in [2.24, 2.45) is 7.05 Å². The van der Waals surface area contributed by atoms with Crippen molar-refractivity contribution in [1.82, 2.24) is 20.0 Å². The van der Waals surface area contributed by atoms with Gasteiger partial charge in [-0.3, -0.25) is 4.68 Å². The maximum absolute atomic E-state index is 5.74. The molecule has 0 saturated heterocycles. The maximum Gasteiger partial charge on any atom is 0.126 e. The number of hydrogen-bond acceptors (Lipinski definition) is 4. The van der Waals surface area contributed by atoms with Crippen molar-refractivity contribution in [2.75, 3.05) is 5.73 Å². The molecule has 0 aliphatic rings. The highest BCUT2D eigenvalue weighted by Crippen LogP contribution is 2.09. The molecule has 5 heteroatoms. The van der Waals surface area contributed by atoms with Gasteiger partial charge in [-0.1, -0.05) is 11.3 Å². The highest BCUT2D eigenvalue weighted by atomic mass is 15.4. The van der Waals surface area contributed by atoms with Crippen molar-refractivity contribution >= 4 is 5.82 Å². The number of aromatic nitrogens is 4. The van der Waals surface area contributed by atoms with Crippen LogP contribution in [0, 0.1) is 0 Å². The first-order chi connectivity index (χ1) is 7.25. The lowest BCUT2D eigenvalue weighted by molar-refractivity contribution is 0.713. The van der Waals surface area contributed by atoms with E-state index in [9.17, 15) is 0 Å². The molecule has 0 unspecified atom stereocenters. The summed E-state index contributed by atoms with van der Waals surface area (Å²) in [6, 6.07) is 3.88. The summed E-state index contributed by atoms with van der Waals surface area (Å²) in [5, 5.41) is 7.88. The molecule has 2 aromatic heterocycles. The minimum atomic E-state index is 0.599. The number of rotatable bonds is 3. The average Bonchev–Trinajstić information content (AvgIpc) is 2.63. The van der Waals surface area contributed by atoms with Crippen molar-refractivity contribution in [2.45, 2.75) is 12.8 Å². The lowest BCUT2D eigenvalue weighted by Crippen LogP contribution is -1.99. The zero-order chi connectivity index (χ0) is 10.7. The highest BCUT2D eigenvalue weighted by Gasteiger charge is 2.02. The van der Waals surface area contributed by atoms with E-state index in [0.29, 0.717) is 5.82 Å². The van der Waals surface area contributed by atoms with Crippen LogP contribution < -0.4 is 5.73 Å². The van der Waals surface area contributed by atoms with Gasteiger partial charge in [0.1, 0.15) is 5.82 Å². The summed E-state index contributed by atoms with van der Waals surface area (Å²) in [6.07, 6.45) is 5.29. The number of hydrogen-bond donors (Lipinski definition) is 1. The van der Waals surface area contributed by atoms with Gasteiger partial charge < -0.3 is 5.73 Å². The molecular weight excluding hydrogens is 190 g/mol. The lowest BCUT2D eigenvalue weighted by atomic mass is 10.1. The second kappa shape index (κ2) is 4.08. The molecule has 0 aliphatic heterocycles. The van der Waals surface area contributed by atoms with Crippen LogP contribution in [0.25, 0.3) is 0 Å². The van der Waals surface area contributed by atoms with Crippen LogP contribution in [0.15, 0.2) is 24.5 Å². The standard InChI is InChI=1S/C10H13N5/c1-15-7-9(13-14-15)5-4-8-3-2-6-12-10(8)11/h2-3,6-7H,4-5H2,1H3,(H2,11,12). The Bertz CT molecular complexity index is 449. The van der Waals surface area contributed by atoms with Gasteiger partial charge in [0, 0.05) is 19.4 Å². The molecule has 2 rings (SSSR count). The predicted molar refractivity (Wildman–Crippen MR) is 57.1 cm³/mol. The molecular formula is C10H13N5. The van der Waals surface area contributed by atoms with Crippen molar-refractivity contribution in [3.05, 3.63) is 35.8 Å². The first kappa shape index (κ1) is 9.64. The number of nitrogen functional groups attached to an aromatic ring is 1. The third kappa shape index (κ3) is 2.31. The molecule has 0 atom stereocenters. The van der Waals surface area contributed by atoms with Gasteiger partial charge >= 0.3 is 0 Å². The van der Waals surface area contributed by atoms with E-state index in [1.54, 1.807) is 10.9 Å². The molecule has 0 aromatic carbocycles. The van der Waals surface area contributed by atoms with E-state index in [-0.39, 0.29) is 0 Å². The van der Waals surface area contributed by atoms with Crippen molar-refractivity contribution in [3.63, 3.8) is 0 Å². The molecule has 15 heavy (non-hydrogen) atoms. The Morgan fingerprint density at radius 3 is 2.93 bits per heavy atom. The van der Waals surface area contributed by atoms with E-state index in [4.69, 9.17) is 5.73 Å². The van der Waals surface area contributed by atoms with Gasteiger partial charge in [0.15, 0.2) is 0 Å². The SMILES string of the molecule is Cn1cc(CCc2cccnc2N)nn1. The van der Waals surface area contributed by atoms with Gasteiger partial charge in [0.2, 0.25) is 0 Å². The Morgan fingerprint density at radius 1 is 1.40 bits per heavy atom. The van der Waals surface area contributed by atoms with Crippen LogP contribution in [0.2, 0.25) is 0 Å². The molecule has 0 saturated carbocycles. The molecule has 0 spiro atoms. The van der Waals surface area contributed by atoms with E-state index in [0.717, 1.165) is 24.1 Å². The monoisotopic (exact) mass is 203 g/mol. The molecule has 0 amide bonds. The Balaban J connectivity index is 2.02. The molecule has 5 nitrogen and oxygen atoms in total. The summed E-state index contributed by atoms with van der Waals surface area (Å²) in [6.45, 7) is 0. The highest BCUT2D eigenvalue weighted by molar-refractivity contribution is 5.38. The van der Waals surface area contributed by atoms with Crippen molar-refractivity contribution in [1.29, 1.82) is 0 Å². The number of nitrogens with two attached hydrogens (primary N) is 1. The lowest BCUT2D eigenvalue weighted by Gasteiger charge is -2.01. The van der Waals surface area contributed by atoms with Crippen molar-refractivity contribution < 1.29 is 0 Å². The average molecular weight is 203 g/mol. The van der Waals surface area contributed by atoms with E-state index >= 15 is 0 Å². The molecule has 0 aliphatic carbocycles. The van der Waals surface area contributed by atoms with Crippen LogP contribution >= 0.6 is 0 Å². The fourth-order valence-corrected chi connectivity index (χ4v) is 1.43. The quantitative estimate of drug-likeness (QED) is 0.792. The first-order valence-corrected chi connectivity index (χ1v) is 4.80. The van der Waals surface area contributed by atoms with Crippen LogP contribution in [0.5, 0.6) is 0 Å². The zero-order valence-electron chi connectivity index (χ0n) is 8.59. The Labute approximate surface area is 87.9 Å². The first-order valence-electron chi connectivity index (χ1n) is 4.80. The van der Waals surface area contributed by atoms with Gasteiger partial charge in [-0.2, -0.15) is 0 Å². The molecule has 0 fully saturated rings. The normalized spacial score (nSPS) is 10.5. The summed E-state index contributed by atoms with van der Waals surface area (Å²) in [4.78, 5) is 4.03. The molecule has 2 heterocycles. The number of anilines is 1. The summed E-state index contributed by atoms with van der Waals surface area (Å²) in [5.41, 5.74) is 7.77. The van der Waals surface area contributed by atoms with Crippen LogP contribution in [-0.4, -0.2) is 20.0 Å². The summed E-state index contributed by atoms with van der Waals surface area (Å²) >= 11 is 0. The van der Waals surface area contributed by atoms with Gasteiger partial charge in [0.05, 0.1) is 5.69 Å². The van der Waals surface area contributed by atoms with Crippen LogP contribution in [-0.2, 0) is 19.9 Å². The molecule has 78 valence electrons. The minimum absolute atomic E-state index is 0.599. The van der Waals surface area contributed by atoms with Crippen LogP contribution in [0.4, 0.5) is 5.82 Å². The summed E-state index contributed by atoms with van der Waals surface area (Å²) in [5.74, 6) is 0.599. The van der Waals surface area contributed by atoms with Crippen molar-refractivity contribution in [3.8, 4) is 0 Å².